The number of benzene rings is 2. The van der Waals surface area contributed by atoms with E-state index in [0.717, 1.165) is 17.6 Å². The highest BCUT2D eigenvalue weighted by Gasteiger charge is 2.44. The van der Waals surface area contributed by atoms with E-state index in [9.17, 15) is 18.7 Å². The lowest BCUT2D eigenvalue weighted by molar-refractivity contribution is -0.149. The summed E-state index contributed by atoms with van der Waals surface area (Å²) in [6, 6.07) is 11.7. The number of methoxy groups -OCH3 is 1. The van der Waals surface area contributed by atoms with Crippen LogP contribution in [0.4, 0.5) is 8.78 Å². The summed E-state index contributed by atoms with van der Waals surface area (Å²) in [6.45, 7) is 14.2. The minimum absolute atomic E-state index is 0.00313. The van der Waals surface area contributed by atoms with Crippen LogP contribution < -0.4 is 0 Å². The van der Waals surface area contributed by atoms with Crippen molar-refractivity contribution in [1.29, 1.82) is 0 Å². The number of aliphatic hydroxyl groups excluding tert-OH is 1. The molecule has 0 aliphatic carbocycles. The number of likely N-dealkylation sites (tertiary alicyclic amines) is 1. The van der Waals surface area contributed by atoms with E-state index in [-0.39, 0.29) is 29.5 Å². The van der Waals surface area contributed by atoms with E-state index in [2.05, 4.69) is 31.6 Å². The fourth-order valence-electron chi connectivity index (χ4n) is 3.94. The number of carbonyl (C=O) groups is 1. The Labute approximate surface area is 252 Å². The van der Waals surface area contributed by atoms with E-state index < -0.39 is 6.10 Å². The first-order valence-corrected chi connectivity index (χ1v) is 14.1. The minimum Gasteiger partial charge on any atom is -0.388 e. The van der Waals surface area contributed by atoms with Crippen molar-refractivity contribution in [3.63, 3.8) is 0 Å². The lowest BCUT2D eigenvalue weighted by atomic mass is 9.82. The highest BCUT2D eigenvalue weighted by Crippen LogP contribution is 2.36. The number of nitrogens with zero attached hydrogens (tertiary/aromatic N) is 1. The molecule has 1 aliphatic heterocycles. The van der Waals surface area contributed by atoms with Gasteiger partial charge in [0.15, 0.2) is 0 Å². The summed E-state index contributed by atoms with van der Waals surface area (Å²) in [5, 5.41) is 10.2. The molecular formula is C36H47F2NO3. The number of hydrogen-bond acceptors (Lipinski definition) is 3. The van der Waals surface area contributed by atoms with Crippen LogP contribution in [-0.2, 0) is 9.53 Å². The predicted octanol–water partition coefficient (Wildman–Crippen LogP) is 8.34. The monoisotopic (exact) mass is 579 g/mol. The van der Waals surface area contributed by atoms with Crippen molar-refractivity contribution in [3.05, 3.63) is 120 Å². The van der Waals surface area contributed by atoms with Gasteiger partial charge >= 0.3 is 0 Å². The molecule has 3 atom stereocenters. The first kappa shape index (κ1) is 38.2. The molecule has 0 saturated carbocycles. The van der Waals surface area contributed by atoms with Crippen LogP contribution in [0.3, 0.4) is 0 Å². The Bertz CT molecular complexity index is 1160. The smallest absolute Gasteiger partial charge is 0.232 e. The summed E-state index contributed by atoms with van der Waals surface area (Å²) in [5.74, 6) is 1.58. The van der Waals surface area contributed by atoms with Crippen LogP contribution in [-0.4, -0.2) is 42.2 Å². The number of β-lactam (4-membered cyclic amide) rings is 1. The van der Waals surface area contributed by atoms with E-state index in [1.54, 1.807) is 42.4 Å². The summed E-state index contributed by atoms with van der Waals surface area (Å²) in [7, 11) is 1.63. The van der Waals surface area contributed by atoms with Crippen molar-refractivity contribution >= 4 is 5.91 Å². The molecule has 1 N–H and O–H groups in total. The quantitative estimate of drug-likeness (QED) is 0.141. The van der Waals surface area contributed by atoms with Gasteiger partial charge < -0.3 is 14.7 Å². The molecule has 1 heterocycles. The van der Waals surface area contributed by atoms with Crippen molar-refractivity contribution in [3.8, 4) is 12.3 Å². The SMILES string of the molecule is C#C/C(=C\C=C/C)COC.C/C=C\CC.C=CC.CC1[C@H](c2ccc(F)cc2)C(=O)N1CCC(O)c1ccc(F)cc1. The number of terminal acetylenes is 1. The van der Waals surface area contributed by atoms with E-state index in [0.29, 0.717) is 25.1 Å². The standard InChI is InChI=1S/C19H19F2NO2.C9H12O.C5H10.C3H6/c1-12-18(14-4-8-16(21)9-5-14)19(24)22(12)11-10-17(23)13-2-6-15(20)7-3-13;1-4-6-7-9(5-2)8-10-3;1-3-5-4-2;1-3-2/h2-9,12,17-18,23H,10-11H2,1H3;2,4,6-7H,8H2,1,3H3;3,5H,4H2,1-2H3;3H,1H2,2H3/b;6-4-,9-7+;5-3-;/t12?,17?,18-;;;/m1.../s1. The number of hydrogen-bond donors (Lipinski definition) is 1. The molecular weight excluding hydrogens is 532 g/mol. The van der Waals surface area contributed by atoms with Crippen molar-refractivity contribution < 1.29 is 23.4 Å². The number of amides is 1. The molecule has 2 aromatic carbocycles. The molecule has 0 aromatic heterocycles. The second-order valence-corrected chi connectivity index (χ2v) is 9.34. The van der Waals surface area contributed by atoms with Gasteiger partial charge in [-0.2, -0.15) is 0 Å². The molecule has 4 nitrogen and oxygen atoms in total. The van der Waals surface area contributed by atoms with Crippen LogP contribution in [0.15, 0.2) is 97.1 Å². The van der Waals surface area contributed by atoms with Gasteiger partial charge in [0.25, 0.3) is 0 Å². The number of ether oxygens (including phenoxy) is 1. The summed E-state index contributed by atoms with van der Waals surface area (Å²) in [6.07, 6.45) is 17.6. The first-order valence-electron chi connectivity index (χ1n) is 14.1. The van der Waals surface area contributed by atoms with Gasteiger partial charge in [-0.25, -0.2) is 8.78 Å². The van der Waals surface area contributed by atoms with Gasteiger partial charge in [0.05, 0.1) is 18.6 Å². The summed E-state index contributed by atoms with van der Waals surface area (Å²) in [5.41, 5.74) is 2.30. The highest BCUT2D eigenvalue weighted by molar-refractivity contribution is 5.90. The Balaban J connectivity index is 0.000000773. The molecule has 3 rings (SSSR count). The predicted molar refractivity (Wildman–Crippen MR) is 171 cm³/mol. The van der Waals surface area contributed by atoms with Crippen molar-refractivity contribution in [2.45, 2.75) is 65.5 Å². The van der Waals surface area contributed by atoms with Gasteiger partial charge in [-0.3, -0.25) is 4.79 Å². The zero-order valence-corrected chi connectivity index (χ0v) is 25.9. The number of aliphatic hydroxyl groups is 1. The number of halogens is 2. The fraction of sp³-hybridized carbons (Fsp3) is 0.361. The molecule has 1 aliphatic rings. The molecule has 1 amide bonds. The zero-order valence-electron chi connectivity index (χ0n) is 25.9. The van der Waals surface area contributed by atoms with Gasteiger partial charge in [-0.1, -0.05) is 67.5 Å². The molecule has 228 valence electrons. The summed E-state index contributed by atoms with van der Waals surface area (Å²) >= 11 is 0. The summed E-state index contributed by atoms with van der Waals surface area (Å²) < 4.78 is 30.7. The maximum absolute atomic E-state index is 13.0. The van der Waals surface area contributed by atoms with Gasteiger partial charge in [-0.15, -0.1) is 13.0 Å². The number of carbonyl (C=O) groups excluding carboxylic acids is 1. The Kier molecular flexibility index (Phi) is 20.8. The van der Waals surface area contributed by atoms with E-state index in [4.69, 9.17) is 11.2 Å². The van der Waals surface area contributed by atoms with Gasteiger partial charge in [-0.05, 0) is 82.0 Å². The Morgan fingerprint density at radius 1 is 1.10 bits per heavy atom. The topological polar surface area (TPSA) is 49.8 Å². The van der Waals surface area contributed by atoms with E-state index >= 15 is 0 Å². The zero-order chi connectivity index (χ0) is 31.9. The van der Waals surface area contributed by atoms with Gasteiger partial charge in [0.2, 0.25) is 5.91 Å². The Hall–Kier alpha value is -3.79. The number of rotatable bonds is 9. The average Bonchev–Trinajstić information content (AvgIpc) is 2.98. The van der Waals surface area contributed by atoms with Crippen LogP contribution in [0.1, 0.15) is 70.6 Å². The highest BCUT2D eigenvalue weighted by atomic mass is 19.1. The maximum Gasteiger partial charge on any atom is 0.232 e. The maximum atomic E-state index is 13.0. The first-order chi connectivity index (χ1) is 20.1. The van der Waals surface area contributed by atoms with Crippen LogP contribution in [0.25, 0.3) is 0 Å². The third-order valence-corrected chi connectivity index (χ3v) is 6.10. The molecule has 1 saturated heterocycles. The molecule has 2 aromatic rings. The third-order valence-electron chi connectivity index (χ3n) is 6.10. The second kappa shape index (κ2) is 22.8. The third kappa shape index (κ3) is 14.2. The molecule has 6 heteroatoms. The molecule has 1 fully saturated rings. The van der Waals surface area contributed by atoms with E-state index in [1.807, 2.05) is 45.9 Å². The van der Waals surface area contributed by atoms with Crippen molar-refractivity contribution in [2.75, 3.05) is 20.3 Å². The van der Waals surface area contributed by atoms with E-state index in [1.165, 1.54) is 24.3 Å². The molecule has 0 bridgehead atoms. The van der Waals surface area contributed by atoms with Crippen LogP contribution in [0.5, 0.6) is 0 Å². The van der Waals surface area contributed by atoms with Crippen LogP contribution in [0.2, 0.25) is 0 Å². The Morgan fingerprint density at radius 3 is 2.05 bits per heavy atom. The molecule has 0 spiro atoms. The average molecular weight is 580 g/mol. The number of allylic oxidation sites excluding steroid dienone is 6. The Morgan fingerprint density at radius 2 is 1.64 bits per heavy atom. The van der Waals surface area contributed by atoms with Crippen molar-refractivity contribution in [2.24, 2.45) is 0 Å². The lowest BCUT2D eigenvalue weighted by Gasteiger charge is -2.46. The normalized spacial score (nSPS) is 16.6. The van der Waals surface area contributed by atoms with Gasteiger partial charge in [0, 0.05) is 25.3 Å². The molecule has 2 unspecified atom stereocenters. The largest absolute Gasteiger partial charge is 0.388 e. The lowest BCUT2D eigenvalue weighted by Crippen LogP contribution is -2.58. The van der Waals surface area contributed by atoms with Crippen LogP contribution >= 0.6 is 0 Å². The fourth-order valence-corrected chi connectivity index (χ4v) is 3.94. The van der Waals surface area contributed by atoms with Crippen molar-refractivity contribution in [1.82, 2.24) is 4.90 Å². The molecule has 42 heavy (non-hydrogen) atoms. The summed E-state index contributed by atoms with van der Waals surface area (Å²) in [4.78, 5) is 14.1. The second-order valence-electron chi connectivity index (χ2n) is 9.34. The molecule has 0 radical (unpaired) electrons. The van der Waals surface area contributed by atoms with Gasteiger partial charge in [0.1, 0.15) is 11.6 Å². The minimum atomic E-state index is -0.740. The van der Waals surface area contributed by atoms with Crippen LogP contribution in [0, 0.1) is 24.0 Å².